The Morgan fingerprint density at radius 1 is 0.967 bits per heavy atom. The van der Waals surface area contributed by atoms with Crippen LogP contribution >= 0.6 is 0 Å². The van der Waals surface area contributed by atoms with Crippen molar-refractivity contribution in [2.75, 3.05) is 18.6 Å². The van der Waals surface area contributed by atoms with Crippen LogP contribution in [0.15, 0.2) is 78.9 Å². The molecule has 0 aliphatic carbocycles. The zero-order valence-corrected chi connectivity index (χ0v) is 16.7. The summed E-state index contributed by atoms with van der Waals surface area (Å²) in [7, 11) is 1.49. The average Bonchev–Trinajstić information content (AvgIpc) is 2.99. The van der Waals surface area contributed by atoms with Crippen molar-refractivity contribution in [1.29, 1.82) is 0 Å². The molecule has 4 rings (SSSR count). The summed E-state index contributed by atoms with van der Waals surface area (Å²) in [5.74, 6) is -0.392. The number of carbonyl (C=O) groups excluding carboxylic acids is 2. The van der Waals surface area contributed by atoms with Gasteiger partial charge in [-0.3, -0.25) is 9.59 Å². The first-order valence-corrected chi connectivity index (χ1v) is 9.88. The quantitative estimate of drug-likeness (QED) is 0.613. The van der Waals surface area contributed by atoms with Gasteiger partial charge in [-0.25, -0.2) is 0 Å². The Labute approximate surface area is 175 Å². The van der Waals surface area contributed by atoms with Gasteiger partial charge < -0.3 is 14.7 Å². The minimum atomic E-state index is -1.90. The van der Waals surface area contributed by atoms with Gasteiger partial charge in [0.15, 0.2) is 11.4 Å². The molecule has 1 heterocycles. The molecule has 0 bridgehead atoms. The zero-order chi connectivity index (χ0) is 21.1. The summed E-state index contributed by atoms with van der Waals surface area (Å²) in [5.41, 5.74) is 0.662. The summed E-state index contributed by atoms with van der Waals surface area (Å²) in [6, 6.07) is 23.8. The summed E-state index contributed by atoms with van der Waals surface area (Å²) in [6.07, 6.45) is 0.308. The highest BCUT2D eigenvalue weighted by Gasteiger charge is 2.50. The van der Waals surface area contributed by atoms with Crippen LogP contribution in [0, 0.1) is 0 Å². The summed E-state index contributed by atoms with van der Waals surface area (Å²) < 4.78 is 5.27. The number of fused-ring (bicyclic) bond motifs is 1. The highest BCUT2D eigenvalue weighted by atomic mass is 16.5. The molecule has 30 heavy (non-hydrogen) atoms. The minimum absolute atomic E-state index is 0.342. The van der Waals surface area contributed by atoms with E-state index in [0.29, 0.717) is 35.5 Å². The maximum atomic E-state index is 13.3. The molecule has 1 aliphatic rings. The van der Waals surface area contributed by atoms with Gasteiger partial charge in [0, 0.05) is 12.1 Å². The molecule has 5 nitrogen and oxygen atoms in total. The minimum Gasteiger partial charge on any atom is -0.496 e. The second kappa shape index (κ2) is 8.13. The fourth-order valence-electron chi connectivity index (χ4n) is 3.99. The van der Waals surface area contributed by atoms with Gasteiger partial charge in [0.1, 0.15) is 5.75 Å². The third kappa shape index (κ3) is 3.48. The van der Waals surface area contributed by atoms with Crippen LogP contribution < -0.4 is 9.64 Å². The number of hydrogen-bond donors (Lipinski definition) is 1. The molecule has 1 atom stereocenters. The smallest absolute Gasteiger partial charge is 0.264 e. The largest absolute Gasteiger partial charge is 0.496 e. The molecular weight excluding hydrogens is 378 g/mol. The van der Waals surface area contributed by atoms with Gasteiger partial charge in [-0.2, -0.15) is 0 Å². The molecule has 0 radical (unpaired) electrons. The van der Waals surface area contributed by atoms with Crippen LogP contribution in [-0.2, 0) is 16.8 Å². The zero-order valence-electron chi connectivity index (χ0n) is 16.7. The lowest BCUT2D eigenvalue weighted by atomic mass is 9.88. The second-order valence-electron chi connectivity index (χ2n) is 7.37. The van der Waals surface area contributed by atoms with Crippen molar-refractivity contribution in [2.45, 2.75) is 18.4 Å². The number of amides is 1. The van der Waals surface area contributed by atoms with Crippen molar-refractivity contribution in [3.05, 3.63) is 95.6 Å². The van der Waals surface area contributed by atoms with Crippen LogP contribution in [0.25, 0.3) is 0 Å². The maximum absolute atomic E-state index is 13.3. The molecule has 0 spiro atoms. The third-order valence-corrected chi connectivity index (χ3v) is 5.53. The van der Waals surface area contributed by atoms with Crippen molar-refractivity contribution >= 4 is 17.4 Å². The van der Waals surface area contributed by atoms with E-state index >= 15 is 0 Å². The van der Waals surface area contributed by atoms with Crippen LogP contribution in [0.5, 0.6) is 5.75 Å². The Morgan fingerprint density at radius 3 is 2.40 bits per heavy atom. The highest BCUT2D eigenvalue weighted by molar-refractivity contribution is 6.11. The predicted octanol–water partition coefficient (Wildman–Crippen LogP) is 3.75. The van der Waals surface area contributed by atoms with E-state index in [1.54, 1.807) is 41.3 Å². The second-order valence-corrected chi connectivity index (χ2v) is 7.37. The number of anilines is 1. The Hall–Kier alpha value is -3.44. The average molecular weight is 401 g/mol. The van der Waals surface area contributed by atoms with Gasteiger partial charge in [-0.05, 0) is 30.2 Å². The van der Waals surface area contributed by atoms with Gasteiger partial charge in [-0.15, -0.1) is 0 Å². The normalized spacial score (nSPS) is 17.7. The van der Waals surface area contributed by atoms with E-state index < -0.39 is 11.5 Å². The maximum Gasteiger partial charge on any atom is 0.264 e. The molecule has 1 N–H and O–H groups in total. The Balaban J connectivity index is 1.63. The topological polar surface area (TPSA) is 66.8 Å². The Morgan fingerprint density at radius 2 is 1.63 bits per heavy atom. The summed E-state index contributed by atoms with van der Waals surface area (Å²) in [6.45, 7) is 0.422. The van der Waals surface area contributed by atoms with Crippen LogP contribution in [0.4, 0.5) is 5.69 Å². The molecule has 1 aliphatic heterocycles. The van der Waals surface area contributed by atoms with Crippen LogP contribution in [0.1, 0.15) is 27.9 Å². The molecule has 0 fully saturated rings. The van der Waals surface area contributed by atoms with E-state index in [1.165, 1.54) is 7.11 Å². The van der Waals surface area contributed by atoms with Gasteiger partial charge in [-0.1, -0.05) is 60.7 Å². The molecule has 0 saturated carbocycles. The van der Waals surface area contributed by atoms with Gasteiger partial charge in [0.05, 0.1) is 24.8 Å². The fraction of sp³-hybridized carbons (Fsp3) is 0.200. The van der Waals surface area contributed by atoms with E-state index in [4.69, 9.17) is 4.74 Å². The molecular formula is C25H23NO4. The van der Waals surface area contributed by atoms with E-state index in [0.717, 1.165) is 5.56 Å². The van der Waals surface area contributed by atoms with E-state index in [2.05, 4.69) is 0 Å². The number of ether oxygens (including phenoxy) is 1. The standard InChI is InChI=1S/C25H23NO4/c1-30-23-14-8-5-11-19(23)22(27)17-25(29)20-12-6-7-13-21(20)26(24(25)28)16-15-18-9-3-2-4-10-18/h2-14,29H,15-17H2,1H3/t25-/m0/s1. The summed E-state index contributed by atoms with van der Waals surface area (Å²) in [4.78, 5) is 27.9. The number of benzene rings is 3. The summed E-state index contributed by atoms with van der Waals surface area (Å²) in [5, 5.41) is 11.4. The molecule has 0 saturated heterocycles. The van der Waals surface area contributed by atoms with Crippen LogP contribution in [0.2, 0.25) is 0 Å². The van der Waals surface area contributed by atoms with Crippen molar-refractivity contribution in [3.63, 3.8) is 0 Å². The molecule has 3 aromatic rings. The number of rotatable bonds is 7. The predicted molar refractivity (Wildman–Crippen MR) is 115 cm³/mol. The third-order valence-electron chi connectivity index (χ3n) is 5.53. The molecule has 0 aromatic heterocycles. The monoisotopic (exact) mass is 401 g/mol. The van der Waals surface area contributed by atoms with Crippen LogP contribution in [0.3, 0.4) is 0 Å². The Bertz CT molecular complexity index is 1080. The number of ketones is 1. The number of aliphatic hydroxyl groups is 1. The molecule has 152 valence electrons. The lowest BCUT2D eigenvalue weighted by molar-refractivity contribution is -0.135. The number of Topliss-reactive ketones (excluding diaryl/α,β-unsaturated/α-hetero) is 1. The lowest BCUT2D eigenvalue weighted by Gasteiger charge is -2.23. The summed E-state index contributed by atoms with van der Waals surface area (Å²) >= 11 is 0. The molecule has 0 unspecified atom stereocenters. The SMILES string of the molecule is COc1ccccc1C(=O)C[C@@]1(O)C(=O)N(CCc2ccccc2)c2ccccc21. The number of nitrogens with zero attached hydrogens (tertiary/aromatic N) is 1. The van der Waals surface area contributed by atoms with Crippen LogP contribution in [-0.4, -0.2) is 30.5 Å². The molecule has 3 aromatic carbocycles. The highest BCUT2D eigenvalue weighted by Crippen LogP contribution is 2.43. The number of hydrogen-bond acceptors (Lipinski definition) is 4. The number of methoxy groups -OCH3 is 1. The van der Waals surface area contributed by atoms with E-state index in [1.807, 2.05) is 42.5 Å². The first-order chi connectivity index (χ1) is 14.5. The van der Waals surface area contributed by atoms with E-state index in [-0.39, 0.29) is 12.2 Å². The Kier molecular flexibility index (Phi) is 5.38. The molecule has 1 amide bonds. The first kappa shape index (κ1) is 19.9. The van der Waals surface area contributed by atoms with Gasteiger partial charge in [0.25, 0.3) is 5.91 Å². The first-order valence-electron chi connectivity index (χ1n) is 9.88. The van der Waals surface area contributed by atoms with Crippen molar-refractivity contribution in [2.24, 2.45) is 0 Å². The lowest BCUT2D eigenvalue weighted by Crippen LogP contribution is -2.42. The number of para-hydroxylation sites is 2. The van der Waals surface area contributed by atoms with E-state index in [9.17, 15) is 14.7 Å². The fourth-order valence-corrected chi connectivity index (χ4v) is 3.99. The number of carbonyl (C=O) groups is 2. The molecule has 5 heteroatoms. The van der Waals surface area contributed by atoms with Crippen molar-refractivity contribution < 1.29 is 19.4 Å². The van der Waals surface area contributed by atoms with Gasteiger partial charge >= 0.3 is 0 Å². The van der Waals surface area contributed by atoms with Crippen molar-refractivity contribution in [1.82, 2.24) is 0 Å². The van der Waals surface area contributed by atoms with Crippen molar-refractivity contribution in [3.8, 4) is 5.75 Å². The van der Waals surface area contributed by atoms with Gasteiger partial charge in [0.2, 0.25) is 0 Å².